The fraction of sp³-hybridized carbons (Fsp3) is 0.333. The zero-order valence-electron chi connectivity index (χ0n) is 11.1. The van der Waals surface area contributed by atoms with Crippen LogP contribution in [0.2, 0.25) is 0 Å². The van der Waals surface area contributed by atoms with Crippen LogP contribution in [0.4, 0.5) is 0 Å². The van der Waals surface area contributed by atoms with E-state index in [1.54, 1.807) is 0 Å². The smallest absolute Gasteiger partial charge is 0.313 e. The Kier molecular flexibility index (Phi) is 4.57. The number of tetrazole rings is 1. The van der Waals surface area contributed by atoms with Crippen molar-refractivity contribution in [2.75, 3.05) is 5.75 Å². The second kappa shape index (κ2) is 6.38. The van der Waals surface area contributed by atoms with Crippen molar-refractivity contribution >= 4 is 17.7 Å². The SMILES string of the molecule is CC(C)Oc1ccc(-n2nnnc2SCC(=O)O)cc1. The number of hydrogen-bond donors (Lipinski definition) is 1. The minimum absolute atomic E-state index is 0.0884. The molecule has 2 aromatic rings. The van der Waals surface area contributed by atoms with E-state index >= 15 is 0 Å². The Morgan fingerprint density at radius 3 is 2.70 bits per heavy atom. The van der Waals surface area contributed by atoms with E-state index in [-0.39, 0.29) is 11.9 Å². The molecule has 0 atom stereocenters. The van der Waals surface area contributed by atoms with E-state index in [0.717, 1.165) is 23.2 Å². The molecule has 0 bridgehead atoms. The minimum Gasteiger partial charge on any atom is -0.491 e. The van der Waals surface area contributed by atoms with Crippen molar-refractivity contribution in [2.45, 2.75) is 25.1 Å². The first-order valence-corrected chi connectivity index (χ1v) is 6.95. The number of benzene rings is 1. The first-order valence-electron chi connectivity index (χ1n) is 5.96. The Morgan fingerprint density at radius 1 is 1.40 bits per heavy atom. The van der Waals surface area contributed by atoms with E-state index in [1.807, 2.05) is 38.1 Å². The van der Waals surface area contributed by atoms with Crippen LogP contribution in [0.5, 0.6) is 5.75 Å². The van der Waals surface area contributed by atoms with Crippen LogP contribution in [0, 0.1) is 0 Å². The molecule has 0 spiro atoms. The van der Waals surface area contributed by atoms with Crippen LogP contribution < -0.4 is 4.74 Å². The van der Waals surface area contributed by atoms with Crippen LogP contribution in [0.3, 0.4) is 0 Å². The average molecular weight is 294 g/mol. The zero-order chi connectivity index (χ0) is 14.5. The molecule has 0 aliphatic carbocycles. The number of aliphatic carboxylic acids is 1. The van der Waals surface area contributed by atoms with Gasteiger partial charge in [-0.25, -0.2) is 0 Å². The fourth-order valence-electron chi connectivity index (χ4n) is 1.50. The minimum atomic E-state index is -0.912. The number of nitrogens with zero attached hydrogens (tertiary/aromatic N) is 4. The summed E-state index contributed by atoms with van der Waals surface area (Å²) in [5.41, 5.74) is 0.749. The molecule has 1 aromatic heterocycles. The Morgan fingerprint density at radius 2 is 2.10 bits per heavy atom. The third kappa shape index (κ3) is 3.70. The van der Waals surface area contributed by atoms with Crippen LogP contribution >= 0.6 is 11.8 Å². The molecule has 2 rings (SSSR count). The first-order chi connectivity index (χ1) is 9.56. The van der Waals surface area contributed by atoms with Crippen LogP contribution in [-0.2, 0) is 4.79 Å². The summed E-state index contributed by atoms with van der Waals surface area (Å²) in [6, 6.07) is 7.28. The van der Waals surface area contributed by atoms with Gasteiger partial charge in [0.1, 0.15) is 5.75 Å². The van der Waals surface area contributed by atoms with Gasteiger partial charge in [0.05, 0.1) is 17.5 Å². The molecule has 0 saturated carbocycles. The van der Waals surface area contributed by atoms with Gasteiger partial charge >= 0.3 is 5.97 Å². The Bertz CT molecular complexity index is 583. The highest BCUT2D eigenvalue weighted by molar-refractivity contribution is 7.99. The van der Waals surface area contributed by atoms with Crippen molar-refractivity contribution in [1.29, 1.82) is 0 Å². The molecule has 0 saturated heterocycles. The fourth-order valence-corrected chi connectivity index (χ4v) is 2.11. The van der Waals surface area contributed by atoms with Crippen molar-refractivity contribution < 1.29 is 14.6 Å². The Labute approximate surface area is 119 Å². The molecule has 0 radical (unpaired) electrons. The van der Waals surface area contributed by atoms with Crippen LogP contribution in [-0.4, -0.2) is 43.1 Å². The summed E-state index contributed by atoms with van der Waals surface area (Å²) in [7, 11) is 0. The monoisotopic (exact) mass is 294 g/mol. The van der Waals surface area contributed by atoms with Gasteiger partial charge in [-0.3, -0.25) is 4.79 Å². The van der Waals surface area contributed by atoms with Gasteiger partial charge in [-0.1, -0.05) is 11.8 Å². The van der Waals surface area contributed by atoms with Gasteiger partial charge in [0.15, 0.2) is 0 Å². The van der Waals surface area contributed by atoms with Gasteiger partial charge in [-0.15, -0.1) is 5.10 Å². The molecule has 106 valence electrons. The molecular formula is C12H14N4O3S. The Balaban J connectivity index is 2.15. The molecule has 0 aliphatic rings. The highest BCUT2D eigenvalue weighted by atomic mass is 32.2. The average Bonchev–Trinajstić information content (AvgIpc) is 2.85. The third-order valence-electron chi connectivity index (χ3n) is 2.22. The summed E-state index contributed by atoms with van der Waals surface area (Å²) in [5, 5.41) is 20.3. The highest BCUT2D eigenvalue weighted by Crippen LogP contribution is 2.20. The van der Waals surface area contributed by atoms with Crippen molar-refractivity contribution in [3.05, 3.63) is 24.3 Å². The molecule has 0 aliphatic heterocycles. The molecule has 0 unspecified atom stereocenters. The van der Waals surface area contributed by atoms with Crippen molar-refractivity contribution in [3.63, 3.8) is 0 Å². The lowest BCUT2D eigenvalue weighted by molar-refractivity contribution is -0.133. The second-order valence-electron chi connectivity index (χ2n) is 4.22. The van der Waals surface area contributed by atoms with Gasteiger partial charge in [0.25, 0.3) is 0 Å². The van der Waals surface area contributed by atoms with Gasteiger partial charge in [0, 0.05) is 0 Å². The predicted octanol–water partition coefficient (Wildman–Crippen LogP) is 1.63. The molecule has 1 heterocycles. The van der Waals surface area contributed by atoms with Crippen molar-refractivity contribution in [3.8, 4) is 11.4 Å². The van der Waals surface area contributed by atoms with Gasteiger partial charge in [-0.2, -0.15) is 4.68 Å². The van der Waals surface area contributed by atoms with Gasteiger partial charge in [-0.05, 0) is 48.5 Å². The van der Waals surface area contributed by atoms with Crippen LogP contribution in [0.1, 0.15) is 13.8 Å². The van der Waals surface area contributed by atoms with E-state index in [9.17, 15) is 4.79 Å². The number of carboxylic acid groups (broad SMARTS) is 1. The Hall–Kier alpha value is -2.09. The topological polar surface area (TPSA) is 90.1 Å². The summed E-state index contributed by atoms with van der Waals surface area (Å²) in [6.07, 6.45) is 0.107. The molecular weight excluding hydrogens is 280 g/mol. The molecule has 8 heteroatoms. The molecule has 1 N–H and O–H groups in total. The lowest BCUT2D eigenvalue weighted by Gasteiger charge is -2.10. The first kappa shape index (κ1) is 14.3. The molecule has 20 heavy (non-hydrogen) atoms. The lowest BCUT2D eigenvalue weighted by atomic mass is 10.3. The molecule has 0 amide bonds. The second-order valence-corrected chi connectivity index (χ2v) is 5.16. The molecule has 1 aromatic carbocycles. The van der Waals surface area contributed by atoms with E-state index < -0.39 is 5.97 Å². The van der Waals surface area contributed by atoms with E-state index in [1.165, 1.54) is 4.68 Å². The predicted molar refractivity (Wildman–Crippen MR) is 73.3 cm³/mol. The highest BCUT2D eigenvalue weighted by Gasteiger charge is 2.11. The lowest BCUT2D eigenvalue weighted by Crippen LogP contribution is -2.06. The number of rotatable bonds is 6. The summed E-state index contributed by atoms with van der Waals surface area (Å²) < 4.78 is 7.04. The van der Waals surface area contributed by atoms with Crippen LogP contribution in [0.15, 0.2) is 29.4 Å². The maximum Gasteiger partial charge on any atom is 0.313 e. The summed E-state index contributed by atoms with van der Waals surface area (Å²) in [5.74, 6) is -0.239. The summed E-state index contributed by atoms with van der Waals surface area (Å²) in [6.45, 7) is 3.91. The molecule has 7 nitrogen and oxygen atoms in total. The van der Waals surface area contributed by atoms with E-state index in [4.69, 9.17) is 9.84 Å². The van der Waals surface area contributed by atoms with Crippen molar-refractivity contribution in [2.24, 2.45) is 0 Å². The van der Waals surface area contributed by atoms with E-state index in [2.05, 4.69) is 15.5 Å². The maximum absolute atomic E-state index is 10.6. The number of carboxylic acids is 1. The maximum atomic E-state index is 10.6. The van der Waals surface area contributed by atoms with Gasteiger partial charge < -0.3 is 9.84 Å². The third-order valence-corrected chi connectivity index (χ3v) is 3.12. The normalized spacial score (nSPS) is 10.8. The quantitative estimate of drug-likeness (QED) is 0.810. The van der Waals surface area contributed by atoms with E-state index in [0.29, 0.717) is 5.16 Å². The number of thioether (sulfide) groups is 1. The number of carbonyl (C=O) groups is 1. The molecule has 0 fully saturated rings. The number of aromatic nitrogens is 4. The largest absolute Gasteiger partial charge is 0.491 e. The van der Waals surface area contributed by atoms with Crippen LogP contribution in [0.25, 0.3) is 5.69 Å². The summed E-state index contributed by atoms with van der Waals surface area (Å²) >= 11 is 1.07. The standard InChI is InChI=1S/C12H14N4O3S/c1-8(2)19-10-5-3-9(4-6-10)16-12(13-14-15-16)20-7-11(17)18/h3-6,8H,7H2,1-2H3,(H,17,18). The van der Waals surface area contributed by atoms with Crippen molar-refractivity contribution in [1.82, 2.24) is 20.2 Å². The van der Waals surface area contributed by atoms with Gasteiger partial charge in [0.2, 0.25) is 5.16 Å². The summed E-state index contributed by atoms with van der Waals surface area (Å²) in [4.78, 5) is 10.6. The number of hydrogen-bond acceptors (Lipinski definition) is 6. The zero-order valence-corrected chi connectivity index (χ0v) is 11.9. The number of ether oxygens (including phenoxy) is 1.